The van der Waals surface area contributed by atoms with Crippen LogP contribution in [0.4, 0.5) is 0 Å². The number of carbonyl (C=O) groups excluding carboxylic acids is 3. The lowest BCUT2D eigenvalue weighted by atomic mass is 9.65. The summed E-state index contributed by atoms with van der Waals surface area (Å²) in [4.78, 5) is 45.2. The first-order chi connectivity index (χ1) is 18.4. The van der Waals surface area contributed by atoms with E-state index in [2.05, 4.69) is 15.5 Å². The largest absolute Gasteiger partial charge is 0.394 e. The molecule has 4 aliphatic heterocycles. The third-order valence-corrected chi connectivity index (χ3v) is 9.15. The molecule has 6 atom stereocenters. The van der Waals surface area contributed by atoms with Gasteiger partial charge in [-0.25, -0.2) is 0 Å². The van der Waals surface area contributed by atoms with Crippen LogP contribution >= 0.6 is 0 Å². The average Bonchev–Trinajstić information content (AvgIpc) is 3.56. The fourth-order valence-corrected chi connectivity index (χ4v) is 7.30. The van der Waals surface area contributed by atoms with Crippen molar-refractivity contribution in [2.75, 3.05) is 53.0 Å². The highest BCUT2D eigenvalue weighted by Crippen LogP contribution is 2.64. The minimum absolute atomic E-state index is 0.233. The summed E-state index contributed by atoms with van der Waals surface area (Å²) in [5.74, 6) is -2.25. The number of ether oxygens (including phenoxy) is 2. The van der Waals surface area contributed by atoms with Crippen molar-refractivity contribution in [3.8, 4) is 0 Å². The Morgan fingerprint density at radius 2 is 1.89 bits per heavy atom. The van der Waals surface area contributed by atoms with Crippen LogP contribution in [0.15, 0.2) is 30.3 Å². The van der Waals surface area contributed by atoms with Gasteiger partial charge in [-0.2, -0.15) is 0 Å². The van der Waals surface area contributed by atoms with Crippen molar-refractivity contribution < 1.29 is 29.0 Å². The highest BCUT2D eigenvalue weighted by Gasteiger charge is 2.79. The number of carbonyl (C=O) groups is 3. The number of aliphatic hydroxyl groups excluding tert-OH is 1. The number of likely N-dealkylation sites (tertiary alicyclic amines) is 1. The fourth-order valence-electron chi connectivity index (χ4n) is 7.30. The number of aliphatic hydroxyl groups is 1. The zero-order valence-electron chi connectivity index (χ0n) is 22.4. The number of nitrogens with one attached hydrogen (secondary N) is 2. The number of nitrogens with zero attached hydrogens (tertiary/aromatic N) is 2. The van der Waals surface area contributed by atoms with Crippen LogP contribution in [0.3, 0.4) is 0 Å². The molecule has 3 amide bonds. The van der Waals surface area contributed by atoms with Crippen LogP contribution in [-0.4, -0.2) is 109 Å². The lowest BCUT2D eigenvalue weighted by Crippen LogP contribution is -2.59. The van der Waals surface area contributed by atoms with Gasteiger partial charge in [0.25, 0.3) is 0 Å². The molecule has 0 aliphatic carbocycles. The van der Waals surface area contributed by atoms with Crippen molar-refractivity contribution in [1.82, 2.24) is 20.4 Å². The van der Waals surface area contributed by atoms with Gasteiger partial charge >= 0.3 is 0 Å². The smallest absolute Gasteiger partial charge is 0.245 e. The summed E-state index contributed by atoms with van der Waals surface area (Å²) in [6.45, 7) is 5.76. The molecule has 0 aromatic heterocycles. The Morgan fingerprint density at radius 1 is 1.16 bits per heavy atom. The predicted octanol–water partition coefficient (Wildman–Crippen LogP) is -0.0608. The van der Waals surface area contributed by atoms with E-state index in [1.165, 1.54) is 0 Å². The van der Waals surface area contributed by atoms with E-state index in [0.29, 0.717) is 52.0 Å². The first kappa shape index (κ1) is 27.1. The summed E-state index contributed by atoms with van der Waals surface area (Å²) >= 11 is 0. The number of hydrogen-bond donors (Lipinski definition) is 3. The molecule has 2 unspecified atom stereocenters. The second kappa shape index (κ2) is 10.9. The topological polar surface area (TPSA) is 120 Å². The molecule has 0 saturated carbocycles. The zero-order chi connectivity index (χ0) is 26.9. The maximum Gasteiger partial charge on any atom is 0.245 e. The van der Waals surface area contributed by atoms with Gasteiger partial charge in [0.05, 0.1) is 43.3 Å². The average molecular weight is 529 g/mol. The molecule has 4 saturated heterocycles. The molecule has 208 valence electrons. The number of benzene rings is 1. The van der Waals surface area contributed by atoms with E-state index >= 15 is 0 Å². The number of morpholine rings is 1. The molecule has 10 nitrogen and oxygen atoms in total. The molecule has 10 heteroatoms. The van der Waals surface area contributed by atoms with Gasteiger partial charge in [-0.1, -0.05) is 37.3 Å². The Labute approximate surface area is 224 Å². The lowest BCUT2D eigenvalue weighted by Gasteiger charge is -2.37. The van der Waals surface area contributed by atoms with Crippen LogP contribution in [0.25, 0.3) is 0 Å². The SMILES string of the molecule is CC[C@@]12CCC3(O1)C(C(=O)NCCN1CCOCC1)N([C@@H](CO)Cc1ccccc1)C(=O)[C@@H]3[C@@H]2C(=O)NC. The molecule has 4 fully saturated rings. The van der Waals surface area contributed by atoms with Crippen LogP contribution in [0.2, 0.25) is 0 Å². The Hall–Kier alpha value is -2.53. The fraction of sp³-hybridized carbons (Fsp3) is 0.679. The molecule has 4 aliphatic rings. The Bertz CT molecular complexity index is 1030. The molecule has 5 rings (SSSR count). The van der Waals surface area contributed by atoms with Crippen LogP contribution < -0.4 is 10.6 Å². The molecule has 4 heterocycles. The van der Waals surface area contributed by atoms with Crippen molar-refractivity contribution in [2.45, 2.75) is 55.9 Å². The molecule has 1 aromatic rings. The molecule has 0 radical (unpaired) electrons. The van der Waals surface area contributed by atoms with Gasteiger partial charge in [0.1, 0.15) is 11.6 Å². The molecule has 38 heavy (non-hydrogen) atoms. The molecular formula is C28H40N4O6. The highest BCUT2D eigenvalue weighted by atomic mass is 16.5. The number of amides is 3. The van der Waals surface area contributed by atoms with Crippen molar-refractivity contribution in [3.05, 3.63) is 35.9 Å². The Kier molecular flexibility index (Phi) is 7.77. The van der Waals surface area contributed by atoms with E-state index in [4.69, 9.17) is 9.47 Å². The number of fused-ring (bicyclic) bond motifs is 1. The second-order valence-corrected chi connectivity index (χ2v) is 11.0. The second-order valence-electron chi connectivity index (χ2n) is 11.0. The normalized spacial score (nSPS) is 33.3. The quantitative estimate of drug-likeness (QED) is 0.389. The monoisotopic (exact) mass is 528 g/mol. The van der Waals surface area contributed by atoms with Crippen molar-refractivity contribution in [3.63, 3.8) is 0 Å². The van der Waals surface area contributed by atoms with Crippen molar-refractivity contribution in [1.29, 1.82) is 0 Å². The van der Waals surface area contributed by atoms with Crippen LogP contribution in [0, 0.1) is 11.8 Å². The van der Waals surface area contributed by atoms with Gasteiger partial charge in [-0.3, -0.25) is 19.3 Å². The van der Waals surface area contributed by atoms with E-state index in [9.17, 15) is 19.5 Å². The van der Waals surface area contributed by atoms with E-state index < -0.39 is 35.1 Å². The van der Waals surface area contributed by atoms with E-state index in [0.717, 1.165) is 18.7 Å². The summed E-state index contributed by atoms with van der Waals surface area (Å²) in [5, 5.41) is 16.3. The Morgan fingerprint density at radius 3 is 2.55 bits per heavy atom. The standard InChI is InChI=1S/C28H40N4O6/c1-3-27-9-10-28(38-27)22(21(27)24(34)29-2)26(36)32(20(18-33)17-19-7-5-4-6-8-19)23(28)25(35)30-11-12-31-13-15-37-16-14-31/h4-8,20-23,33H,3,9-18H2,1-2H3,(H,29,34)(H,30,35)/t20-,21-,22+,23?,27+,28?/m1/s1. The minimum Gasteiger partial charge on any atom is -0.394 e. The zero-order valence-corrected chi connectivity index (χ0v) is 22.4. The lowest BCUT2D eigenvalue weighted by molar-refractivity contribution is -0.151. The maximum absolute atomic E-state index is 14.2. The summed E-state index contributed by atoms with van der Waals surface area (Å²) in [5.41, 5.74) is -0.914. The first-order valence-electron chi connectivity index (χ1n) is 13.9. The van der Waals surface area contributed by atoms with Gasteiger partial charge in [0.2, 0.25) is 17.7 Å². The number of rotatable bonds is 10. The third-order valence-electron chi connectivity index (χ3n) is 9.15. The summed E-state index contributed by atoms with van der Waals surface area (Å²) in [6, 6.07) is 8.09. The first-order valence-corrected chi connectivity index (χ1v) is 13.9. The van der Waals surface area contributed by atoms with E-state index in [-0.39, 0.29) is 24.3 Å². The third kappa shape index (κ3) is 4.41. The molecular weight excluding hydrogens is 488 g/mol. The van der Waals surface area contributed by atoms with Crippen LogP contribution in [0.5, 0.6) is 0 Å². The van der Waals surface area contributed by atoms with E-state index in [1.54, 1.807) is 11.9 Å². The molecule has 1 spiro atoms. The highest BCUT2D eigenvalue weighted by molar-refractivity contribution is 5.99. The summed E-state index contributed by atoms with van der Waals surface area (Å²) < 4.78 is 12.2. The molecule has 2 bridgehead atoms. The maximum atomic E-state index is 14.2. The van der Waals surface area contributed by atoms with Gasteiger partial charge in [0, 0.05) is 33.2 Å². The van der Waals surface area contributed by atoms with Crippen molar-refractivity contribution >= 4 is 17.7 Å². The van der Waals surface area contributed by atoms with Crippen LogP contribution in [-0.2, 0) is 30.3 Å². The molecule has 3 N–H and O–H groups in total. The summed E-state index contributed by atoms with van der Waals surface area (Å²) in [6.07, 6.45) is 2.11. The molecule has 1 aromatic carbocycles. The van der Waals surface area contributed by atoms with Gasteiger partial charge in [-0.05, 0) is 31.2 Å². The summed E-state index contributed by atoms with van der Waals surface area (Å²) in [7, 11) is 1.57. The minimum atomic E-state index is -1.10. The number of hydrogen-bond acceptors (Lipinski definition) is 7. The van der Waals surface area contributed by atoms with Gasteiger partial charge in [0.15, 0.2) is 0 Å². The predicted molar refractivity (Wildman–Crippen MR) is 139 cm³/mol. The van der Waals surface area contributed by atoms with E-state index in [1.807, 2.05) is 37.3 Å². The Balaban J connectivity index is 1.46. The van der Waals surface area contributed by atoms with Gasteiger partial charge in [-0.15, -0.1) is 0 Å². The van der Waals surface area contributed by atoms with Crippen molar-refractivity contribution in [2.24, 2.45) is 11.8 Å². The van der Waals surface area contributed by atoms with Gasteiger partial charge < -0.3 is 30.1 Å². The van der Waals surface area contributed by atoms with Crippen LogP contribution in [0.1, 0.15) is 31.7 Å².